The van der Waals surface area contributed by atoms with E-state index in [4.69, 9.17) is 0 Å². The lowest BCUT2D eigenvalue weighted by atomic mass is 10.0. The second-order valence-corrected chi connectivity index (χ2v) is 7.70. The van der Waals surface area contributed by atoms with Gasteiger partial charge in [-0.1, -0.05) is 36.4 Å². The van der Waals surface area contributed by atoms with Crippen molar-refractivity contribution in [3.05, 3.63) is 89.0 Å². The molecule has 0 saturated heterocycles. The number of rotatable bonds is 4. The van der Waals surface area contributed by atoms with E-state index < -0.39 is 0 Å². The smallest absolute Gasteiger partial charge is 0.138 e. The SMILES string of the molecule is Cc1cccc(C)c1CN1Cc2ncnc(Nc3cnc4ccccc4c3)c2C1. The van der Waals surface area contributed by atoms with Gasteiger partial charge in [-0.25, -0.2) is 9.97 Å². The molecule has 0 amide bonds. The van der Waals surface area contributed by atoms with E-state index in [1.54, 1.807) is 6.33 Å². The largest absolute Gasteiger partial charge is 0.339 e. The van der Waals surface area contributed by atoms with Crippen LogP contribution in [0.1, 0.15) is 27.9 Å². The molecule has 5 rings (SSSR count). The maximum atomic E-state index is 4.54. The molecule has 144 valence electrons. The molecule has 0 unspecified atom stereocenters. The fourth-order valence-corrected chi connectivity index (χ4v) is 4.06. The Balaban J connectivity index is 1.39. The van der Waals surface area contributed by atoms with Crippen molar-refractivity contribution in [1.82, 2.24) is 19.9 Å². The Morgan fingerprint density at radius 1 is 0.931 bits per heavy atom. The van der Waals surface area contributed by atoms with Crippen LogP contribution in [-0.2, 0) is 19.6 Å². The molecule has 1 N–H and O–H groups in total. The first-order valence-corrected chi connectivity index (χ1v) is 9.89. The maximum Gasteiger partial charge on any atom is 0.138 e. The standard InChI is InChI=1S/C24H23N5/c1-16-6-5-7-17(2)20(16)12-29-13-21-23(14-29)26-15-27-24(21)28-19-10-18-8-3-4-9-22(18)25-11-19/h3-11,15H,12-14H2,1-2H3,(H,26,27,28). The summed E-state index contributed by atoms with van der Waals surface area (Å²) in [6, 6.07) is 16.7. The number of anilines is 2. The number of hydrogen-bond donors (Lipinski definition) is 1. The lowest BCUT2D eigenvalue weighted by Crippen LogP contribution is -2.17. The van der Waals surface area contributed by atoms with Crippen molar-refractivity contribution >= 4 is 22.4 Å². The molecule has 3 heterocycles. The molecule has 5 nitrogen and oxygen atoms in total. The first kappa shape index (κ1) is 17.8. The van der Waals surface area contributed by atoms with Crippen LogP contribution >= 0.6 is 0 Å². The molecular formula is C24H23N5. The number of benzene rings is 2. The lowest BCUT2D eigenvalue weighted by Gasteiger charge is -2.18. The van der Waals surface area contributed by atoms with Crippen molar-refractivity contribution in [3.8, 4) is 0 Å². The van der Waals surface area contributed by atoms with Crippen molar-refractivity contribution < 1.29 is 0 Å². The zero-order chi connectivity index (χ0) is 19.8. The highest BCUT2D eigenvalue weighted by Crippen LogP contribution is 2.30. The summed E-state index contributed by atoms with van der Waals surface area (Å²) in [5.41, 5.74) is 8.29. The highest BCUT2D eigenvalue weighted by molar-refractivity contribution is 5.82. The molecule has 1 aliphatic heterocycles. The zero-order valence-corrected chi connectivity index (χ0v) is 16.7. The molecule has 0 spiro atoms. The van der Waals surface area contributed by atoms with Gasteiger partial charge in [-0.3, -0.25) is 9.88 Å². The quantitative estimate of drug-likeness (QED) is 0.545. The van der Waals surface area contributed by atoms with Crippen molar-refractivity contribution in [2.24, 2.45) is 0 Å². The number of fused-ring (bicyclic) bond motifs is 2. The van der Waals surface area contributed by atoms with Crippen LogP contribution in [0.15, 0.2) is 61.1 Å². The molecule has 1 aliphatic rings. The zero-order valence-electron chi connectivity index (χ0n) is 16.7. The van der Waals surface area contributed by atoms with Gasteiger partial charge in [-0.05, 0) is 42.7 Å². The Kier molecular flexibility index (Phi) is 4.45. The summed E-state index contributed by atoms with van der Waals surface area (Å²) in [7, 11) is 0. The highest BCUT2D eigenvalue weighted by Gasteiger charge is 2.24. The Hall–Kier alpha value is -3.31. The van der Waals surface area contributed by atoms with Gasteiger partial charge >= 0.3 is 0 Å². The fraction of sp³-hybridized carbons (Fsp3) is 0.208. The number of aryl methyl sites for hydroxylation is 2. The molecule has 4 aromatic rings. The predicted octanol–water partition coefficient (Wildman–Crippen LogP) is 4.90. The summed E-state index contributed by atoms with van der Waals surface area (Å²) in [5.74, 6) is 0.871. The molecule has 0 bridgehead atoms. The molecule has 29 heavy (non-hydrogen) atoms. The van der Waals surface area contributed by atoms with E-state index in [9.17, 15) is 0 Å². The summed E-state index contributed by atoms with van der Waals surface area (Å²) in [5, 5.41) is 4.57. The van der Waals surface area contributed by atoms with Crippen LogP contribution < -0.4 is 5.32 Å². The Bertz CT molecular complexity index is 1180. The van der Waals surface area contributed by atoms with Gasteiger partial charge in [0.2, 0.25) is 0 Å². The highest BCUT2D eigenvalue weighted by atomic mass is 15.2. The summed E-state index contributed by atoms with van der Waals surface area (Å²) < 4.78 is 0. The molecular weight excluding hydrogens is 358 g/mol. The molecule has 2 aromatic heterocycles. The monoisotopic (exact) mass is 381 g/mol. The Morgan fingerprint density at radius 2 is 1.76 bits per heavy atom. The lowest BCUT2D eigenvalue weighted by molar-refractivity contribution is 0.273. The number of nitrogens with one attached hydrogen (secondary N) is 1. The van der Waals surface area contributed by atoms with Crippen LogP contribution in [0.3, 0.4) is 0 Å². The summed E-state index contributed by atoms with van der Waals surface area (Å²) >= 11 is 0. The molecule has 0 radical (unpaired) electrons. The van der Waals surface area contributed by atoms with E-state index in [0.29, 0.717) is 0 Å². The van der Waals surface area contributed by atoms with Crippen LogP contribution in [0.25, 0.3) is 10.9 Å². The van der Waals surface area contributed by atoms with Crippen LogP contribution in [0.4, 0.5) is 11.5 Å². The minimum absolute atomic E-state index is 0.841. The van der Waals surface area contributed by atoms with E-state index >= 15 is 0 Å². The fourth-order valence-electron chi connectivity index (χ4n) is 4.06. The van der Waals surface area contributed by atoms with E-state index in [1.807, 2.05) is 24.4 Å². The minimum Gasteiger partial charge on any atom is -0.339 e. The van der Waals surface area contributed by atoms with Crippen LogP contribution in [0.5, 0.6) is 0 Å². The minimum atomic E-state index is 0.841. The Labute approximate surface area is 170 Å². The number of pyridine rings is 1. The van der Waals surface area contributed by atoms with Crippen LogP contribution in [0, 0.1) is 13.8 Å². The third-order valence-electron chi connectivity index (χ3n) is 5.67. The van der Waals surface area contributed by atoms with Gasteiger partial charge in [-0.15, -0.1) is 0 Å². The van der Waals surface area contributed by atoms with Gasteiger partial charge in [-0.2, -0.15) is 0 Å². The van der Waals surface area contributed by atoms with Gasteiger partial charge in [0, 0.05) is 30.6 Å². The summed E-state index contributed by atoms with van der Waals surface area (Å²) in [6.07, 6.45) is 3.51. The van der Waals surface area contributed by atoms with Crippen molar-refractivity contribution in [2.45, 2.75) is 33.5 Å². The second-order valence-electron chi connectivity index (χ2n) is 7.70. The van der Waals surface area contributed by atoms with Crippen LogP contribution in [0.2, 0.25) is 0 Å². The van der Waals surface area contributed by atoms with E-state index in [0.717, 1.165) is 47.7 Å². The van der Waals surface area contributed by atoms with E-state index in [2.05, 4.69) is 69.3 Å². The number of aromatic nitrogens is 3. The van der Waals surface area contributed by atoms with Gasteiger partial charge in [0.15, 0.2) is 0 Å². The second kappa shape index (κ2) is 7.26. The van der Waals surface area contributed by atoms with Crippen molar-refractivity contribution in [3.63, 3.8) is 0 Å². The third-order valence-corrected chi connectivity index (χ3v) is 5.67. The van der Waals surface area contributed by atoms with Gasteiger partial charge in [0.1, 0.15) is 12.1 Å². The van der Waals surface area contributed by atoms with Crippen LogP contribution in [-0.4, -0.2) is 19.9 Å². The molecule has 2 aromatic carbocycles. The average Bonchev–Trinajstić information content (AvgIpc) is 3.15. The third kappa shape index (κ3) is 3.45. The van der Waals surface area contributed by atoms with E-state index in [-0.39, 0.29) is 0 Å². The van der Waals surface area contributed by atoms with Gasteiger partial charge in [0.25, 0.3) is 0 Å². The maximum absolute atomic E-state index is 4.54. The van der Waals surface area contributed by atoms with Gasteiger partial charge < -0.3 is 5.32 Å². The molecule has 5 heteroatoms. The Morgan fingerprint density at radius 3 is 2.62 bits per heavy atom. The molecule has 0 saturated carbocycles. The molecule has 0 fully saturated rings. The summed E-state index contributed by atoms with van der Waals surface area (Å²) in [6.45, 7) is 6.98. The average molecular weight is 381 g/mol. The molecule has 0 aliphatic carbocycles. The van der Waals surface area contributed by atoms with E-state index in [1.165, 1.54) is 22.3 Å². The topological polar surface area (TPSA) is 53.9 Å². The van der Waals surface area contributed by atoms with Crippen molar-refractivity contribution in [2.75, 3.05) is 5.32 Å². The molecule has 0 atom stereocenters. The number of para-hydroxylation sites is 1. The number of nitrogens with zero attached hydrogens (tertiary/aromatic N) is 4. The first-order chi connectivity index (χ1) is 14.2. The summed E-state index contributed by atoms with van der Waals surface area (Å²) in [4.78, 5) is 16.0. The first-order valence-electron chi connectivity index (χ1n) is 9.89. The van der Waals surface area contributed by atoms with Gasteiger partial charge in [0.05, 0.1) is 23.1 Å². The number of hydrogen-bond acceptors (Lipinski definition) is 5. The predicted molar refractivity (Wildman–Crippen MR) is 116 cm³/mol. The normalized spacial score (nSPS) is 13.6. The van der Waals surface area contributed by atoms with Crippen molar-refractivity contribution in [1.29, 1.82) is 0 Å².